The lowest BCUT2D eigenvalue weighted by atomic mass is 9.98. The molecule has 2 saturated heterocycles. The van der Waals surface area contributed by atoms with E-state index in [1.54, 1.807) is 4.90 Å². The molecule has 2 fully saturated rings. The highest BCUT2D eigenvalue weighted by Gasteiger charge is 2.38. The van der Waals surface area contributed by atoms with Gasteiger partial charge in [-0.05, 0) is 38.5 Å². The lowest BCUT2D eigenvalue weighted by Gasteiger charge is -2.39. The smallest absolute Gasteiger partial charge is 0.326 e. The number of carbonyl (C=O) groups is 2. The predicted molar refractivity (Wildman–Crippen MR) is 72.0 cm³/mol. The molecular weight excluding hydrogens is 244 g/mol. The number of rotatable bonds is 3. The van der Waals surface area contributed by atoms with Crippen LogP contribution in [0.4, 0.5) is 4.79 Å². The van der Waals surface area contributed by atoms with Crippen LogP contribution in [0.3, 0.4) is 0 Å². The Morgan fingerprint density at radius 2 is 1.84 bits per heavy atom. The molecule has 0 saturated carbocycles. The number of hydrogen-bond donors (Lipinski definition) is 1. The van der Waals surface area contributed by atoms with Gasteiger partial charge in [-0.25, -0.2) is 9.59 Å². The molecule has 1 unspecified atom stereocenters. The van der Waals surface area contributed by atoms with E-state index >= 15 is 0 Å². The number of nitrogens with zero attached hydrogens (tertiary/aromatic N) is 2. The van der Waals surface area contributed by atoms with Crippen LogP contribution in [0.25, 0.3) is 0 Å². The summed E-state index contributed by atoms with van der Waals surface area (Å²) in [5.74, 6) is -0.866. The molecule has 0 aromatic carbocycles. The van der Waals surface area contributed by atoms with Crippen molar-refractivity contribution in [3.05, 3.63) is 0 Å². The van der Waals surface area contributed by atoms with Crippen LogP contribution in [0, 0.1) is 0 Å². The monoisotopic (exact) mass is 268 g/mol. The van der Waals surface area contributed by atoms with Crippen molar-refractivity contribution in [3.8, 4) is 0 Å². The normalized spacial score (nSPS) is 27.6. The number of hydrogen-bond acceptors (Lipinski definition) is 2. The highest BCUT2D eigenvalue weighted by atomic mass is 16.4. The second-order valence-corrected chi connectivity index (χ2v) is 5.60. The van der Waals surface area contributed by atoms with Gasteiger partial charge in [0, 0.05) is 19.1 Å². The van der Waals surface area contributed by atoms with Crippen molar-refractivity contribution in [1.29, 1.82) is 0 Å². The SMILES string of the molecule is CCCC1CCCCN1C(=O)N1CCC[C@@H]1C(=O)O. The zero-order valence-corrected chi connectivity index (χ0v) is 11.7. The van der Waals surface area contributed by atoms with Crippen molar-refractivity contribution in [2.45, 2.75) is 64.0 Å². The van der Waals surface area contributed by atoms with Crippen molar-refractivity contribution in [1.82, 2.24) is 9.80 Å². The number of amides is 2. The van der Waals surface area contributed by atoms with Crippen molar-refractivity contribution in [3.63, 3.8) is 0 Å². The minimum Gasteiger partial charge on any atom is -0.480 e. The zero-order chi connectivity index (χ0) is 13.8. The van der Waals surface area contributed by atoms with Gasteiger partial charge in [0.15, 0.2) is 0 Å². The first kappa shape index (κ1) is 14.2. The van der Waals surface area contributed by atoms with Gasteiger partial charge >= 0.3 is 12.0 Å². The topological polar surface area (TPSA) is 60.9 Å². The fourth-order valence-corrected chi connectivity index (χ4v) is 3.30. The van der Waals surface area contributed by atoms with Gasteiger partial charge in [-0.1, -0.05) is 13.3 Å². The quantitative estimate of drug-likeness (QED) is 0.854. The first-order valence-corrected chi connectivity index (χ1v) is 7.45. The van der Waals surface area contributed by atoms with Crippen LogP contribution in [-0.4, -0.2) is 52.1 Å². The molecule has 5 heteroatoms. The van der Waals surface area contributed by atoms with Gasteiger partial charge in [-0.2, -0.15) is 0 Å². The number of carbonyl (C=O) groups excluding carboxylic acids is 1. The van der Waals surface area contributed by atoms with Crippen molar-refractivity contribution in [2.24, 2.45) is 0 Å². The summed E-state index contributed by atoms with van der Waals surface area (Å²) in [4.78, 5) is 27.3. The molecule has 2 aliphatic heterocycles. The summed E-state index contributed by atoms with van der Waals surface area (Å²) in [6.07, 6.45) is 6.76. The van der Waals surface area contributed by atoms with Crippen LogP contribution < -0.4 is 0 Å². The summed E-state index contributed by atoms with van der Waals surface area (Å²) < 4.78 is 0. The standard InChI is InChI=1S/C14H24N2O3/c1-2-6-11-7-3-4-9-15(11)14(19)16-10-5-8-12(16)13(17)18/h11-12H,2-10H2,1H3,(H,17,18)/t11?,12-/m1/s1. The molecule has 1 N–H and O–H groups in total. The molecule has 2 aliphatic rings. The average Bonchev–Trinajstić information content (AvgIpc) is 2.88. The highest BCUT2D eigenvalue weighted by Crippen LogP contribution is 2.26. The Morgan fingerprint density at radius 3 is 2.53 bits per heavy atom. The Kier molecular flexibility index (Phi) is 4.66. The van der Waals surface area contributed by atoms with Crippen LogP contribution >= 0.6 is 0 Å². The van der Waals surface area contributed by atoms with E-state index in [4.69, 9.17) is 0 Å². The van der Waals surface area contributed by atoms with Crippen molar-refractivity contribution < 1.29 is 14.7 Å². The summed E-state index contributed by atoms with van der Waals surface area (Å²) in [7, 11) is 0. The van der Waals surface area contributed by atoms with E-state index in [1.807, 2.05) is 4.90 Å². The van der Waals surface area contributed by atoms with Gasteiger partial charge in [0.1, 0.15) is 6.04 Å². The Bertz CT molecular complexity index is 344. The molecule has 0 aromatic heterocycles. The van der Waals surface area contributed by atoms with Crippen LogP contribution in [0.5, 0.6) is 0 Å². The van der Waals surface area contributed by atoms with E-state index in [1.165, 1.54) is 6.42 Å². The Hall–Kier alpha value is -1.26. The molecule has 0 bridgehead atoms. The van der Waals surface area contributed by atoms with E-state index in [9.17, 15) is 14.7 Å². The van der Waals surface area contributed by atoms with E-state index in [-0.39, 0.29) is 6.03 Å². The predicted octanol–water partition coefficient (Wildman–Crippen LogP) is 2.31. The van der Waals surface area contributed by atoms with Gasteiger partial charge < -0.3 is 14.9 Å². The second kappa shape index (κ2) is 6.26. The third-order valence-electron chi connectivity index (χ3n) is 4.28. The number of carboxylic acid groups (broad SMARTS) is 1. The number of aliphatic carboxylic acids is 1. The molecule has 2 atom stereocenters. The van der Waals surface area contributed by atoms with Gasteiger partial charge in [0.05, 0.1) is 0 Å². The summed E-state index contributed by atoms with van der Waals surface area (Å²) in [6.45, 7) is 3.50. The molecule has 5 nitrogen and oxygen atoms in total. The minimum atomic E-state index is -0.866. The van der Waals surface area contributed by atoms with Gasteiger partial charge in [0.2, 0.25) is 0 Å². The maximum absolute atomic E-state index is 12.6. The molecule has 0 spiro atoms. The van der Waals surface area contributed by atoms with Crippen molar-refractivity contribution in [2.75, 3.05) is 13.1 Å². The molecule has 19 heavy (non-hydrogen) atoms. The molecule has 0 radical (unpaired) electrons. The lowest BCUT2D eigenvalue weighted by molar-refractivity contribution is -0.141. The molecule has 2 heterocycles. The van der Waals surface area contributed by atoms with Gasteiger partial charge in [-0.3, -0.25) is 0 Å². The van der Waals surface area contributed by atoms with Crippen LogP contribution in [0.2, 0.25) is 0 Å². The third-order valence-corrected chi connectivity index (χ3v) is 4.28. The average molecular weight is 268 g/mol. The molecule has 0 aliphatic carbocycles. The molecular formula is C14H24N2O3. The van der Waals surface area contributed by atoms with E-state index < -0.39 is 12.0 Å². The Labute approximate surface area is 114 Å². The highest BCUT2D eigenvalue weighted by molar-refractivity contribution is 5.83. The van der Waals surface area contributed by atoms with E-state index in [2.05, 4.69) is 6.92 Å². The summed E-state index contributed by atoms with van der Waals surface area (Å²) in [5.41, 5.74) is 0. The van der Waals surface area contributed by atoms with E-state index in [0.717, 1.165) is 38.6 Å². The van der Waals surface area contributed by atoms with Gasteiger partial charge in [-0.15, -0.1) is 0 Å². The van der Waals surface area contributed by atoms with Gasteiger partial charge in [0.25, 0.3) is 0 Å². The number of likely N-dealkylation sites (tertiary alicyclic amines) is 2. The molecule has 2 rings (SSSR count). The molecule has 108 valence electrons. The fraction of sp³-hybridized carbons (Fsp3) is 0.857. The first-order valence-electron chi connectivity index (χ1n) is 7.45. The third kappa shape index (κ3) is 3.01. The lowest BCUT2D eigenvalue weighted by Crippen LogP contribution is -2.53. The maximum atomic E-state index is 12.6. The summed E-state index contributed by atoms with van der Waals surface area (Å²) in [5, 5.41) is 9.19. The minimum absolute atomic E-state index is 0.0527. The number of carboxylic acids is 1. The van der Waals surface area contributed by atoms with Crippen molar-refractivity contribution >= 4 is 12.0 Å². The first-order chi connectivity index (χ1) is 9.15. The van der Waals surface area contributed by atoms with Crippen LogP contribution in [0.1, 0.15) is 51.9 Å². The Balaban J connectivity index is 2.06. The van der Waals surface area contributed by atoms with E-state index in [0.29, 0.717) is 19.0 Å². The zero-order valence-electron chi connectivity index (χ0n) is 11.7. The largest absolute Gasteiger partial charge is 0.480 e. The maximum Gasteiger partial charge on any atom is 0.326 e. The van der Waals surface area contributed by atoms with Crippen LogP contribution in [-0.2, 0) is 4.79 Å². The summed E-state index contributed by atoms with van der Waals surface area (Å²) in [6, 6.07) is -0.360. The molecule has 2 amide bonds. The number of urea groups is 1. The molecule has 0 aromatic rings. The fourth-order valence-electron chi connectivity index (χ4n) is 3.30. The summed E-state index contributed by atoms with van der Waals surface area (Å²) >= 11 is 0. The number of piperidine rings is 1. The Morgan fingerprint density at radius 1 is 1.11 bits per heavy atom. The second-order valence-electron chi connectivity index (χ2n) is 5.60. The van der Waals surface area contributed by atoms with Crippen LogP contribution in [0.15, 0.2) is 0 Å².